The largest absolute Gasteiger partial charge is 0.381 e. The molecule has 1 fully saturated rings. The molecule has 0 unspecified atom stereocenters. The van der Waals surface area contributed by atoms with Crippen molar-refractivity contribution < 1.29 is 9.53 Å². The number of hydrogen-bond donors (Lipinski definition) is 3. The summed E-state index contributed by atoms with van der Waals surface area (Å²) in [5.41, 5.74) is 9.18. The van der Waals surface area contributed by atoms with Gasteiger partial charge in [-0.25, -0.2) is 0 Å². The van der Waals surface area contributed by atoms with E-state index in [0.29, 0.717) is 32.6 Å². The lowest BCUT2D eigenvalue weighted by atomic mass is 9.90. The number of carbonyl (C=O) groups is 1. The number of benzene rings is 1. The Bertz CT molecular complexity index is 693. The van der Waals surface area contributed by atoms with Crippen LogP contribution in [-0.4, -0.2) is 36.2 Å². The third kappa shape index (κ3) is 3.74. The normalized spacial score (nSPS) is 16.6. The molecule has 1 saturated heterocycles. The predicted octanol–water partition coefficient (Wildman–Crippen LogP) is 2.32. The van der Waals surface area contributed by atoms with E-state index in [-0.39, 0.29) is 18.3 Å². The number of aromatic nitrogens is 1. The van der Waals surface area contributed by atoms with Crippen LogP contribution >= 0.6 is 12.4 Å². The first-order valence-corrected chi connectivity index (χ1v) is 8.37. The van der Waals surface area contributed by atoms with E-state index in [9.17, 15) is 4.79 Å². The van der Waals surface area contributed by atoms with Gasteiger partial charge in [-0.2, -0.15) is 0 Å². The van der Waals surface area contributed by atoms with Crippen LogP contribution in [0.5, 0.6) is 0 Å². The molecule has 132 valence electrons. The number of rotatable bonds is 5. The zero-order chi connectivity index (χ0) is 16.3. The summed E-state index contributed by atoms with van der Waals surface area (Å²) >= 11 is 0. The number of para-hydroxylation sites is 1. The van der Waals surface area contributed by atoms with E-state index < -0.39 is 5.54 Å². The van der Waals surface area contributed by atoms with Crippen molar-refractivity contribution in [2.45, 2.75) is 38.1 Å². The van der Waals surface area contributed by atoms with E-state index in [1.165, 1.54) is 22.0 Å². The molecule has 2 aromatic rings. The van der Waals surface area contributed by atoms with Crippen LogP contribution in [0.2, 0.25) is 0 Å². The number of ether oxygens (including phenoxy) is 1. The lowest BCUT2D eigenvalue weighted by molar-refractivity contribution is -0.129. The maximum absolute atomic E-state index is 12.3. The topological polar surface area (TPSA) is 80.1 Å². The summed E-state index contributed by atoms with van der Waals surface area (Å²) in [5.74, 6) is -0.0603. The van der Waals surface area contributed by atoms with Crippen LogP contribution in [0.25, 0.3) is 10.9 Å². The molecule has 0 bridgehead atoms. The summed E-state index contributed by atoms with van der Waals surface area (Å²) in [7, 11) is 0. The van der Waals surface area contributed by atoms with Crippen molar-refractivity contribution >= 4 is 29.2 Å². The van der Waals surface area contributed by atoms with Gasteiger partial charge in [0.05, 0.1) is 5.54 Å². The van der Waals surface area contributed by atoms with Crippen molar-refractivity contribution in [2.24, 2.45) is 5.73 Å². The van der Waals surface area contributed by atoms with Crippen molar-refractivity contribution in [2.75, 3.05) is 19.8 Å². The first-order valence-electron chi connectivity index (χ1n) is 8.37. The quantitative estimate of drug-likeness (QED) is 0.773. The molecular formula is C18H26ClN3O2. The van der Waals surface area contributed by atoms with Gasteiger partial charge in [-0.1, -0.05) is 25.1 Å². The van der Waals surface area contributed by atoms with Gasteiger partial charge in [-0.15, -0.1) is 12.4 Å². The van der Waals surface area contributed by atoms with Gasteiger partial charge in [-0.05, 0) is 36.8 Å². The summed E-state index contributed by atoms with van der Waals surface area (Å²) < 4.78 is 5.28. The number of aromatic amines is 1. The molecule has 1 aromatic heterocycles. The van der Waals surface area contributed by atoms with E-state index in [1.807, 2.05) is 6.20 Å². The molecule has 3 rings (SSSR count). The number of H-pyrrole nitrogens is 1. The summed E-state index contributed by atoms with van der Waals surface area (Å²) in [5, 5.41) is 4.23. The SMILES string of the molecule is CCc1cccc2c(CCNC(=O)C3(N)CCOCC3)c[nH]c12.Cl. The van der Waals surface area contributed by atoms with Gasteiger partial charge in [0, 0.05) is 36.9 Å². The molecule has 0 aliphatic carbocycles. The Morgan fingerprint density at radius 3 is 2.79 bits per heavy atom. The van der Waals surface area contributed by atoms with Gasteiger partial charge in [0.2, 0.25) is 5.91 Å². The Balaban J connectivity index is 0.00000208. The zero-order valence-corrected chi connectivity index (χ0v) is 14.9. The van der Waals surface area contributed by atoms with E-state index in [1.54, 1.807) is 0 Å². The van der Waals surface area contributed by atoms with Crippen LogP contribution in [0, 0.1) is 0 Å². The van der Waals surface area contributed by atoms with Gasteiger partial charge in [0.25, 0.3) is 0 Å². The van der Waals surface area contributed by atoms with E-state index in [0.717, 1.165) is 12.8 Å². The third-order valence-corrected chi connectivity index (χ3v) is 4.79. The van der Waals surface area contributed by atoms with Crippen LogP contribution in [0.1, 0.15) is 30.9 Å². The van der Waals surface area contributed by atoms with Gasteiger partial charge >= 0.3 is 0 Å². The number of hydrogen-bond acceptors (Lipinski definition) is 3. The molecule has 1 aliphatic heterocycles. The van der Waals surface area contributed by atoms with Gasteiger partial charge in [-0.3, -0.25) is 4.79 Å². The Morgan fingerprint density at radius 2 is 2.08 bits per heavy atom. The molecule has 1 aliphatic rings. The molecule has 0 radical (unpaired) electrons. The van der Waals surface area contributed by atoms with Crippen molar-refractivity contribution in [3.8, 4) is 0 Å². The second kappa shape index (κ2) is 8.01. The van der Waals surface area contributed by atoms with E-state index >= 15 is 0 Å². The summed E-state index contributed by atoms with van der Waals surface area (Å²) in [4.78, 5) is 15.7. The first-order chi connectivity index (χ1) is 11.1. The average Bonchev–Trinajstić information content (AvgIpc) is 2.98. The van der Waals surface area contributed by atoms with Gasteiger partial charge in [0.1, 0.15) is 0 Å². The fraction of sp³-hybridized carbons (Fsp3) is 0.500. The minimum absolute atomic E-state index is 0. The van der Waals surface area contributed by atoms with Gasteiger partial charge < -0.3 is 20.8 Å². The minimum atomic E-state index is -0.770. The zero-order valence-electron chi connectivity index (χ0n) is 14.1. The number of nitrogens with one attached hydrogen (secondary N) is 2. The molecule has 5 nitrogen and oxygen atoms in total. The lowest BCUT2D eigenvalue weighted by Crippen LogP contribution is -2.57. The molecule has 1 amide bonds. The van der Waals surface area contributed by atoms with Crippen LogP contribution in [0.4, 0.5) is 0 Å². The number of aryl methyl sites for hydroxylation is 1. The summed E-state index contributed by atoms with van der Waals surface area (Å²) in [6, 6.07) is 6.37. The molecular weight excluding hydrogens is 326 g/mol. The Hall–Kier alpha value is -1.56. The monoisotopic (exact) mass is 351 g/mol. The van der Waals surface area contributed by atoms with Crippen LogP contribution in [-0.2, 0) is 22.4 Å². The Morgan fingerprint density at radius 1 is 1.33 bits per heavy atom. The highest BCUT2D eigenvalue weighted by Gasteiger charge is 2.35. The second-order valence-electron chi connectivity index (χ2n) is 6.28. The van der Waals surface area contributed by atoms with Crippen LogP contribution < -0.4 is 11.1 Å². The fourth-order valence-electron chi connectivity index (χ4n) is 3.23. The number of fused-ring (bicyclic) bond motifs is 1. The molecule has 0 saturated carbocycles. The number of nitrogens with two attached hydrogens (primary N) is 1. The lowest BCUT2D eigenvalue weighted by Gasteiger charge is -2.31. The second-order valence-corrected chi connectivity index (χ2v) is 6.28. The van der Waals surface area contributed by atoms with Crippen molar-refractivity contribution in [1.82, 2.24) is 10.3 Å². The smallest absolute Gasteiger partial charge is 0.240 e. The highest BCUT2D eigenvalue weighted by molar-refractivity contribution is 5.87. The number of halogens is 1. The minimum Gasteiger partial charge on any atom is -0.381 e. The molecule has 6 heteroatoms. The number of carbonyl (C=O) groups excluding carboxylic acids is 1. The molecule has 1 aromatic carbocycles. The van der Waals surface area contributed by atoms with Gasteiger partial charge in [0.15, 0.2) is 0 Å². The fourth-order valence-corrected chi connectivity index (χ4v) is 3.23. The standard InChI is InChI=1S/C18H25N3O2.ClH/c1-2-13-4-3-5-15-14(12-21-16(13)15)6-9-20-17(22)18(19)7-10-23-11-8-18;/h3-5,12,21H,2,6-11,19H2,1H3,(H,20,22);1H. The maximum Gasteiger partial charge on any atom is 0.240 e. The highest BCUT2D eigenvalue weighted by Crippen LogP contribution is 2.22. The van der Waals surface area contributed by atoms with E-state index in [4.69, 9.17) is 10.5 Å². The van der Waals surface area contributed by atoms with Crippen molar-refractivity contribution in [1.29, 1.82) is 0 Å². The van der Waals surface area contributed by atoms with Crippen molar-refractivity contribution in [3.05, 3.63) is 35.5 Å². The maximum atomic E-state index is 12.3. The molecule has 24 heavy (non-hydrogen) atoms. The third-order valence-electron chi connectivity index (χ3n) is 4.79. The summed E-state index contributed by atoms with van der Waals surface area (Å²) in [6.07, 6.45) is 5.03. The predicted molar refractivity (Wildman–Crippen MR) is 98.6 cm³/mol. The molecule has 0 spiro atoms. The van der Waals surface area contributed by atoms with E-state index in [2.05, 4.69) is 35.4 Å². The number of amides is 1. The molecule has 2 heterocycles. The summed E-state index contributed by atoms with van der Waals surface area (Å²) in [6.45, 7) is 3.88. The van der Waals surface area contributed by atoms with Crippen molar-refractivity contribution in [3.63, 3.8) is 0 Å². The Kier molecular flexibility index (Phi) is 6.27. The first kappa shape index (κ1) is 18.8. The van der Waals surface area contributed by atoms with Crippen LogP contribution in [0.15, 0.2) is 24.4 Å². The van der Waals surface area contributed by atoms with Crippen LogP contribution in [0.3, 0.4) is 0 Å². The molecule has 4 N–H and O–H groups in total. The highest BCUT2D eigenvalue weighted by atomic mass is 35.5. The average molecular weight is 352 g/mol. The Labute approximate surface area is 148 Å². The molecule has 0 atom stereocenters.